The van der Waals surface area contributed by atoms with E-state index in [2.05, 4.69) is 0 Å². The summed E-state index contributed by atoms with van der Waals surface area (Å²) in [5.41, 5.74) is 1.78. The summed E-state index contributed by atoms with van der Waals surface area (Å²) < 4.78 is 5.15. The van der Waals surface area contributed by atoms with Gasteiger partial charge in [0.25, 0.3) is 5.91 Å². The van der Waals surface area contributed by atoms with E-state index in [1.807, 2.05) is 40.1 Å². The largest absolute Gasteiger partial charge is 0.427 e. The topological polar surface area (TPSA) is 70.8 Å². The second-order valence-corrected chi connectivity index (χ2v) is 7.84. The summed E-state index contributed by atoms with van der Waals surface area (Å²) in [4.78, 5) is 40.7. The highest BCUT2D eigenvalue weighted by atomic mass is 16.4. The fourth-order valence-electron chi connectivity index (χ4n) is 4.85. The third kappa shape index (κ3) is 3.03. The molecule has 2 saturated heterocycles. The Labute approximate surface area is 163 Å². The van der Waals surface area contributed by atoms with Gasteiger partial charge in [-0.15, -0.1) is 0 Å². The smallest absolute Gasteiger partial charge is 0.336 e. The van der Waals surface area contributed by atoms with Gasteiger partial charge in [-0.1, -0.05) is 30.3 Å². The lowest BCUT2D eigenvalue weighted by molar-refractivity contribution is -0.130. The Balaban J connectivity index is 1.62. The molecule has 2 aromatic rings. The Bertz CT molecular complexity index is 956. The van der Waals surface area contributed by atoms with E-state index < -0.39 is 5.63 Å². The van der Waals surface area contributed by atoms with Crippen molar-refractivity contribution in [2.45, 2.75) is 26.8 Å². The Morgan fingerprint density at radius 3 is 2.43 bits per heavy atom. The van der Waals surface area contributed by atoms with E-state index >= 15 is 0 Å². The quantitative estimate of drug-likeness (QED) is 0.803. The third-order valence-corrected chi connectivity index (χ3v) is 6.05. The minimum Gasteiger partial charge on any atom is -0.427 e. The highest BCUT2D eigenvalue weighted by Crippen LogP contribution is 2.45. The van der Waals surface area contributed by atoms with E-state index in [9.17, 15) is 14.4 Å². The summed E-state index contributed by atoms with van der Waals surface area (Å²) in [7, 11) is 0. The summed E-state index contributed by atoms with van der Waals surface area (Å²) in [6.07, 6.45) is 0. The zero-order valence-electron chi connectivity index (χ0n) is 16.3. The molecule has 6 heteroatoms. The van der Waals surface area contributed by atoms with Crippen molar-refractivity contribution in [2.75, 3.05) is 19.6 Å². The number of rotatable bonds is 2. The highest BCUT2D eigenvalue weighted by molar-refractivity contribution is 5.96. The van der Waals surface area contributed by atoms with Crippen LogP contribution in [0.1, 0.15) is 40.2 Å². The molecule has 1 aromatic carbocycles. The first-order valence-electron chi connectivity index (χ1n) is 9.59. The fraction of sp³-hybridized carbons (Fsp3) is 0.409. The Kier molecular flexibility index (Phi) is 4.57. The Morgan fingerprint density at radius 2 is 1.79 bits per heavy atom. The molecular weight excluding hydrogens is 356 g/mol. The number of hydrogen-bond donors (Lipinski definition) is 0. The third-order valence-electron chi connectivity index (χ3n) is 6.05. The number of nitrogens with zero attached hydrogens (tertiary/aromatic N) is 2. The van der Waals surface area contributed by atoms with Crippen LogP contribution in [0.3, 0.4) is 0 Å². The van der Waals surface area contributed by atoms with Crippen LogP contribution >= 0.6 is 0 Å². The number of carbonyl (C=O) groups is 2. The van der Waals surface area contributed by atoms with E-state index in [0.717, 1.165) is 5.56 Å². The van der Waals surface area contributed by atoms with Crippen LogP contribution in [0.5, 0.6) is 0 Å². The minimum atomic E-state index is -0.439. The van der Waals surface area contributed by atoms with E-state index in [1.165, 1.54) is 6.07 Å². The minimum absolute atomic E-state index is 0.0163. The van der Waals surface area contributed by atoms with Crippen molar-refractivity contribution >= 4 is 11.8 Å². The standard InChI is InChI=1S/C22H24N2O4/c1-13-9-19(26)28-14(2)20(13)22(27)23-10-17-11-24(15(3)25)21(18(17)12-23)16-7-5-4-6-8-16/h4-9,17-18,21H,10-12H2,1-3H3/t17-,18-,21-/m1/s1. The molecule has 0 unspecified atom stereocenters. The molecular formula is C22H24N2O4. The van der Waals surface area contributed by atoms with Crippen molar-refractivity contribution in [3.05, 3.63) is 69.3 Å². The molecule has 28 heavy (non-hydrogen) atoms. The molecule has 0 radical (unpaired) electrons. The lowest BCUT2D eigenvalue weighted by atomic mass is 9.89. The monoisotopic (exact) mass is 380 g/mol. The van der Waals surface area contributed by atoms with Crippen molar-refractivity contribution in [2.24, 2.45) is 11.8 Å². The predicted molar refractivity (Wildman–Crippen MR) is 104 cm³/mol. The molecule has 0 bridgehead atoms. The van der Waals surface area contributed by atoms with Gasteiger partial charge in [0.05, 0.1) is 11.6 Å². The molecule has 146 valence electrons. The van der Waals surface area contributed by atoms with Gasteiger partial charge in [0.15, 0.2) is 0 Å². The van der Waals surface area contributed by atoms with Crippen molar-refractivity contribution in [1.82, 2.24) is 9.80 Å². The van der Waals surface area contributed by atoms with Crippen LogP contribution in [0.4, 0.5) is 0 Å². The first-order chi connectivity index (χ1) is 13.4. The molecule has 4 rings (SSSR count). The van der Waals surface area contributed by atoms with Crippen LogP contribution in [-0.4, -0.2) is 41.2 Å². The van der Waals surface area contributed by atoms with Gasteiger partial charge in [0, 0.05) is 44.5 Å². The van der Waals surface area contributed by atoms with Gasteiger partial charge < -0.3 is 14.2 Å². The molecule has 2 fully saturated rings. The maximum Gasteiger partial charge on any atom is 0.336 e. The first-order valence-corrected chi connectivity index (χ1v) is 9.59. The molecule has 0 N–H and O–H groups in total. The van der Waals surface area contributed by atoms with E-state index in [1.54, 1.807) is 20.8 Å². The number of hydrogen-bond acceptors (Lipinski definition) is 4. The first kappa shape index (κ1) is 18.5. The van der Waals surface area contributed by atoms with Crippen LogP contribution < -0.4 is 5.63 Å². The second-order valence-electron chi connectivity index (χ2n) is 7.84. The average Bonchev–Trinajstić information content (AvgIpc) is 3.19. The van der Waals surface area contributed by atoms with Gasteiger partial charge in [-0.3, -0.25) is 9.59 Å². The summed E-state index contributed by atoms with van der Waals surface area (Å²) in [6, 6.07) is 11.4. The average molecular weight is 380 g/mol. The van der Waals surface area contributed by atoms with Crippen molar-refractivity contribution in [3.63, 3.8) is 0 Å². The zero-order valence-corrected chi connectivity index (χ0v) is 16.3. The molecule has 6 nitrogen and oxygen atoms in total. The summed E-state index contributed by atoms with van der Waals surface area (Å²) >= 11 is 0. The zero-order chi connectivity index (χ0) is 20.0. The number of benzene rings is 1. The van der Waals surface area contributed by atoms with E-state index in [4.69, 9.17) is 4.42 Å². The lowest BCUT2D eigenvalue weighted by Gasteiger charge is -2.29. The number of amides is 2. The molecule has 1 aromatic heterocycles. The van der Waals surface area contributed by atoms with Gasteiger partial charge in [0.2, 0.25) is 5.91 Å². The number of carbonyl (C=O) groups excluding carboxylic acids is 2. The number of fused-ring (bicyclic) bond motifs is 1. The van der Waals surface area contributed by atoms with Gasteiger partial charge in [-0.25, -0.2) is 4.79 Å². The van der Waals surface area contributed by atoms with Gasteiger partial charge in [0.1, 0.15) is 5.76 Å². The van der Waals surface area contributed by atoms with Crippen LogP contribution in [0.25, 0.3) is 0 Å². The molecule has 3 heterocycles. The summed E-state index contributed by atoms with van der Waals surface area (Å²) in [5.74, 6) is 0.769. The highest BCUT2D eigenvalue weighted by Gasteiger charge is 2.49. The van der Waals surface area contributed by atoms with Crippen LogP contribution in [0, 0.1) is 25.7 Å². The molecule has 3 atom stereocenters. The second kappa shape index (κ2) is 6.93. The SMILES string of the molecule is CC(=O)N1C[C@H]2CN(C(=O)c3c(C)cc(=O)oc3C)C[C@H]2[C@H]1c1ccccc1. The predicted octanol–water partition coefficient (Wildman–Crippen LogP) is 2.55. The maximum atomic E-state index is 13.2. The molecule has 2 aliphatic heterocycles. The molecule has 0 spiro atoms. The number of likely N-dealkylation sites (tertiary alicyclic amines) is 2. The van der Waals surface area contributed by atoms with E-state index in [0.29, 0.717) is 36.5 Å². The van der Waals surface area contributed by atoms with Crippen molar-refractivity contribution in [1.29, 1.82) is 0 Å². The molecule has 2 amide bonds. The molecule has 0 aliphatic carbocycles. The number of aryl methyl sites for hydroxylation is 2. The van der Waals surface area contributed by atoms with Crippen molar-refractivity contribution in [3.8, 4) is 0 Å². The maximum absolute atomic E-state index is 13.2. The lowest BCUT2D eigenvalue weighted by Crippen LogP contribution is -2.37. The molecule has 0 saturated carbocycles. The van der Waals surface area contributed by atoms with Crippen LogP contribution in [0.15, 0.2) is 45.6 Å². The summed E-state index contributed by atoms with van der Waals surface area (Å²) in [6.45, 7) is 6.88. The van der Waals surface area contributed by atoms with Crippen molar-refractivity contribution < 1.29 is 14.0 Å². The fourth-order valence-corrected chi connectivity index (χ4v) is 4.85. The van der Waals surface area contributed by atoms with Crippen LogP contribution in [0.2, 0.25) is 0 Å². The Morgan fingerprint density at radius 1 is 1.07 bits per heavy atom. The van der Waals surface area contributed by atoms with Gasteiger partial charge >= 0.3 is 5.63 Å². The normalized spacial score (nSPS) is 23.8. The summed E-state index contributed by atoms with van der Waals surface area (Å²) in [5, 5.41) is 0. The van der Waals surface area contributed by atoms with E-state index in [-0.39, 0.29) is 29.7 Å². The van der Waals surface area contributed by atoms with Gasteiger partial charge in [-0.2, -0.15) is 0 Å². The van der Waals surface area contributed by atoms with Crippen LogP contribution in [-0.2, 0) is 4.79 Å². The van der Waals surface area contributed by atoms with Gasteiger partial charge in [-0.05, 0) is 25.0 Å². The molecule has 2 aliphatic rings. The Hall–Kier alpha value is -2.89.